The van der Waals surface area contributed by atoms with E-state index < -0.39 is 5.60 Å². The number of hydrogen-bond donors (Lipinski definition) is 1. The summed E-state index contributed by atoms with van der Waals surface area (Å²) in [5.74, 6) is 0.430. The number of aliphatic hydroxyl groups is 1. The Bertz CT molecular complexity index is 455. The van der Waals surface area contributed by atoms with E-state index in [0.29, 0.717) is 0 Å². The minimum absolute atomic E-state index is 0.195. The average Bonchev–Trinajstić information content (AvgIpc) is 2.57. The second-order valence-electron chi connectivity index (χ2n) is 8.28. The summed E-state index contributed by atoms with van der Waals surface area (Å²) in [6, 6.07) is 6.79. The van der Waals surface area contributed by atoms with Gasteiger partial charge in [-0.15, -0.1) is 0 Å². The first-order valence-corrected chi connectivity index (χ1v) is 10.3. The minimum atomic E-state index is -0.683. The van der Waals surface area contributed by atoms with Crippen molar-refractivity contribution in [3.63, 3.8) is 0 Å². The molecule has 0 fully saturated rings. The summed E-state index contributed by atoms with van der Waals surface area (Å²) in [6.45, 7) is 10.7. The average molecular weight is 351 g/mol. The van der Waals surface area contributed by atoms with Gasteiger partial charge in [-0.25, -0.2) is 4.39 Å². The maximum absolute atomic E-state index is 13.2. The fourth-order valence-corrected chi connectivity index (χ4v) is 4.18. The molecule has 1 N–H and O–H groups in total. The fourth-order valence-electron chi connectivity index (χ4n) is 4.18. The van der Waals surface area contributed by atoms with E-state index in [4.69, 9.17) is 0 Å². The largest absolute Gasteiger partial charge is 0.389 e. The molecule has 0 amide bonds. The predicted molar refractivity (Wildman–Crippen MR) is 106 cm³/mol. The van der Waals surface area contributed by atoms with Crippen LogP contribution in [-0.2, 0) is 6.42 Å². The maximum Gasteiger partial charge on any atom is 0.123 e. The van der Waals surface area contributed by atoms with Crippen LogP contribution in [0.4, 0.5) is 4.39 Å². The minimum Gasteiger partial charge on any atom is -0.389 e. The Morgan fingerprint density at radius 3 is 1.92 bits per heavy atom. The molecule has 1 aromatic rings. The van der Waals surface area contributed by atoms with Gasteiger partial charge in [-0.05, 0) is 48.3 Å². The highest BCUT2D eigenvalue weighted by Gasteiger charge is 2.41. The molecule has 0 aliphatic carbocycles. The molecule has 0 spiro atoms. The van der Waals surface area contributed by atoms with Crippen molar-refractivity contribution < 1.29 is 9.50 Å². The summed E-state index contributed by atoms with van der Waals surface area (Å²) in [5, 5.41) is 11.5. The molecule has 0 heterocycles. The molecule has 0 aliphatic rings. The maximum atomic E-state index is 13.2. The molecule has 0 saturated heterocycles. The number of halogens is 1. The first kappa shape index (κ1) is 22.2. The molecule has 2 heteroatoms. The Labute approximate surface area is 155 Å². The smallest absolute Gasteiger partial charge is 0.123 e. The number of rotatable bonds is 12. The van der Waals surface area contributed by atoms with Crippen molar-refractivity contribution in [3.8, 4) is 0 Å². The number of benzene rings is 1. The fraction of sp³-hybridized carbons (Fsp3) is 0.739. The third kappa shape index (κ3) is 6.73. The summed E-state index contributed by atoms with van der Waals surface area (Å²) in [5.41, 5.74) is 0.440. The van der Waals surface area contributed by atoms with Gasteiger partial charge in [0.25, 0.3) is 0 Å². The molecular weight excluding hydrogens is 311 g/mol. The summed E-state index contributed by atoms with van der Waals surface area (Å²) >= 11 is 0. The van der Waals surface area contributed by atoms with Crippen LogP contribution in [0, 0.1) is 23.6 Å². The normalized spacial score (nSPS) is 13.6. The molecule has 25 heavy (non-hydrogen) atoms. The van der Waals surface area contributed by atoms with Crippen LogP contribution < -0.4 is 0 Å². The van der Waals surface area contributed by atoms with Crippen LogP contribution in [0.15, 0.2) is 24.3 Å². The zero-order chi connectivity index (χ0) is 18.9. The van der Waals surface area contributed by atoms with Crippen LogP contribution in [0.3, 0.4) is 0 Å². The molecule has 1 unspecified atom stereocenters. The zero-order valence-corrected chi connectivity index (χ0v) is 17.0. The molecule has 0 saturated carbocycles. The van der Waals surface area contributed by atoms with Crippen molar-refractivity contribution in [1.29, 1.82) is 0 Å². The molecular formula is C23H39FO. The Morgan fingerprint density at radius 2 is 1.40 bits per heavy atom. The summed E-state index contributed by atoms with van der Waals surface area (Å²) in [4.78, 5) is 0. The van der Waals surface area contributed by atoms with Crippen LogP contribution in [0.5, 0.6) is 0 Å². The van der Waals surface area contributed by atoms with Crippen molar-refractivity contribution in [2.75, 3.05) is 0 Å². The molecule has 1 rings (SSSR count). The first-order chi connectivity index (χ1) is 11.8. The monoisotopic (exact) mass is 350 g/mol. The Morgan fingerprint density at radius 1 is 0.880 bits per heavy atom. The van der Waals surface area contributed by atoms with E-state index in [1.807, 2.05) is 12.1 Å². The quantitative estimate of drug-likeness (QED) is 0.412. The van der Waals surface area contributed by atoms with Crippen LogP contribution in [0.2, 0.25) is 0 Å². The Hall–Kier alpha value is -0.890. The molecule has 144 valence electrons. The second-order valence-corrected chi connectivity index (χ2v) is 8.28. The molecule has 0 aromatic heterocycles. The molecule has 1 aromatic carbocycles. The topological polar surface area (TPSA) is 20.2 Å². The van der Waals surface area contributed by atoms with Gasteiger partial charge in [0.05, 0.1) is 5.60 Å². The highest BCUT2D eigenvalue weighted by molar-refractivity contribution is 5.17. The van der Waals surface area contributed by atoms with Crippen LogP contribution >= 0.6 is 0 Å². The molecule has 0 aliphatic heterocycles. The van der Waals surface area contributed by atoms with Crippen molar-refractivity contribution in [2.45, 2.75) is 91.6 Å². The molecule has 0 bridgehead atoms. The zero-order valence-electron chi connectivity index (χ0n) is 17.0. The van der Waals surface area contributed by atoms with Crippen LogP contribution in [-0.4, -0.2) is 10.7 Å². The van der Waals surface area contributed by atoms with E-state index in [-0.39, 0.29) is 23.6 Å². The molecule has 0 radical (unpaired) electrons. The Balaban J connectivity index is 2.80. The van der Waals surface area contributed by atoms with E-state index in [0.717, 1.165) is 24.8 Å². The van der Waals surface area contributed by atoms with E-state index in [1.54, 1.807) is 0 Å². The van der Waals surface area contributed by atoms with Gasteiger partial charge in [0.15, 0.2) is 0 Å². The summed E-state index contributed by atoms with van der Waals surface area (Å²) in [6.07, 6.45) is 9.47. The molecule has 1 atom stereocenters. The van der Waals surface area contributed by atoms with Gasteiger partial charge in [0.2, 0.25) is 0 Å². The van der Waals surface area contributed by atoms with E-state index in [2.05, 4.69) is 34.6 Å². The van der Waals surface area contributed by atoms with Gasteiger partial charge in [-0.3, -0.25) is 0 Å². The lowest BCUT2D eigenvalue weighted by Crippen LogP contribution is -2.48. The van der Waals surface area contributed by atoms with E-state index in [9.17, 15) is 9.50 Å². The van der Waals surface area contributed by atoms with E-state index in [1.165, 1.54) is 44.2 Å². The predicted octanol–water partition coefficient (Wildman–Crippen LogP) is 6.78. The van der Waals surface area contributed by atoms with Crippen LogP contribution in [0.1, 0.15) is 85.1 Å². The summed E-state index contributed by atoms with van der Waals surface area (Å²) < 4.78 is 13.2. The van der Waals surface area contributed by atoms with Gasteiger partial charge in [-0.2, -0.15) is 0 Å². The van der Waals surface area contributed by atoms with Gasteiger partial charge in [0.1, 0.15) is 5.82 Å². The van der Waals surface area contributed by atoms with Gasteiger partial charge >= 0.3 is 0 Å². The summed E-state index contributed by atoms with van der Waals surface area (Å²) in [7, 11) is 0. The lowest BCUT2D eigenvalue weighted by Gasteiger charge is -2.43. The lowest BCUT2D eigenvalue weighted by atomic mass is 9.67. The van der Waals surface area contributed by atoms with Crippen LogP contribution in [0.25, 0.3) is 0 Å². The van der Waals surface area contributed by atoms with Gasteiger partial charge in [-0.1, -0.05) is 85.3 Å². The standard InChI is InChI=1S/C23H39FO/c1-6-7-8-9-10-11-12-21(23(25,18(2)3)19(4)5)17-20-13-15-22(24)16-14-20/h13-16,18-19,21,25H,6-12,17H2,1-5H3. The van der Waals surface area contributed by atoms with Gasteiger partial charge < -0.3 is 5.11 Å². The van der Waals surface area contributed by atoms with Crippen molar-refractivity contribution in [3.05, 3.63) is 35.6 Å². The lowest BCUT2D eigenvalue weighted by molar-refractivity contribution is -0.0989. The van der Waals surface area contributed by atoms with Crippen molar-refractivity contribution >= 4 is 0 Å². The highest BCUT2D eigenvalue weighted by Crippen LogP contribution is 2.38. The third-order valence-electron chi connectivity index (χ3n) is 5.81. The van der Waals surface area contributed by atoms with E-state index >= 15 is 0 Å². The molecule has 1 nitrogen and oxygen atoms in total. The highest BCUT2D eigenvalue weighted by atomic mass is 19.1. The SMILES string of the molecule is CCCCCCCCC(Cc1ccc(F)cc1)C(O)(C(C)C)C(C)C. The van der Waals surface area contributed by atoms with Crippen molar-refractivity contribution in [2.24, 2.45) is 17.8 Å². The third-order valence-corrected chi connectivity index (χ3v) is 5.81. The first-order valence-electron chi connectivity index (χ1n) is 10.3. The number of hydrogen-bond acceptors (Lipinski definition) is 1. The van der Waals surface area contributed by atoms with Gasteiger partial charge in [0, 0.05) is 0 Å². The Kier molecular flexibility index (Phi) is 9.71. The second kappa shape index (κ2) is 11.0. The van der Waals surface area contributed by atoms with Crippen molar-refractivity contribution in [1.82, 2.24) is 0 Å². The number of unbranched alkanes of at least 4 members (excludes halogenated alkanes) is 5.